The number of aryl methyl sites for hydroxylation is 1. The Bertz CT molecular complexity index is 701. The molecule has 0 fully saturated rings. The molecule has 1 heterocycles. The molecule has 0 unspecified atom stereocenters. The topological polar surface area (TPSA) is 70.2 Å². The number of hydrogen-bond donors (Lipinski definition) is 2. The number of benzene rings is 1. The molecule has 122 valence electrons. The number of carbonyl (C=O) groups is 1. The van der Waals surface area contributed by atoms with E-state index < -0.39 is 23.4 Å². The number of para-hydroxylation sites is 1. The van der Waals surface area contributed by atoms with Gasteiger partial charge in [-0.15, -0.1) is 0 Å². The lowest BCUT2D eigenvalue weighted by Crippen LogP contribution is -2.29. The molecule has 0 aliphatic heterocycles. The van der Waals surface area contributed by atoms with E-state index in [9.17, 15) is 13.6 Å². The minimum atomic E-state index is -0.840. The van der Waals surface area contributed by atoms with E-state index in [0.717, 1.165) is 17.8 Å². The monoisotopic (exact) mass is 321 g/mol. The molecule has 2 amide bonds. The predicted molar refractivity (Wildman–Crippen MR) is 83.3 cm³/mol. The molecule has 0 spiro atoms. The number of urea groups is 1. The first-order valence-electron chi connectivity index (χ1n) is 6.87. The predicted octanol–water partition coefficient (Wildman–Crippen LogP) is 2.45. The first-order chi connectivity index (χ1) is 10.9. The van der Waals surface area contributed by atoms with Gasteiger partial charge in [0.2, 0.25) is 5.95 Å². The Morgan fingerprint density at radius 2 is 1.87 bits per heavy atom. The van der Waals surface area contributed by atoms with Gasteiger partial charge in [0, 0.05) is 19.8 Å². The van der Waals surface area contributed by atoms with Gasteiger partial charge in [0.05, 0.1) is 12.2 Å². The van der Waals surface area contributed by atoms with Gasteiger partial charge in [-0.3, -0.25) is 0 Å². The third-order valence-electron chi connectivity index (χ3n) is 2.93. The number of carbonyl (C=O) groups excluding carboxylic acids is 1. The fourth-order valence-electron chi connectivity index (χ4n) is 1.85. The van der Waals surface area contributed by atoms with Crippen LogP contribution in [0.15, 0.2) is 24.3 Å². The normalized spacial score (nSPS) is 10.3. The van der Waals surface area contributed by atoms with Gasteiger partial charge in [0.15, 0.2) is 0 Å². The molecule has 2 aromatic rings. The van der Waals surface area contributed by atoms with Crippen molar-refractivity contribution in [3.63, 3.8) is 0 Å². The molecule has 0 saturated heterocycles. The highest BCUT2D eigenvalue weighted by Gasteiger charge is 2.12. The molecule has 23 heavy (non-hydrogen) atoms. The number of anilines is 2. The SMILES string of the molecule is Cc1cc(CNC(=O)Nc2c(F)cccc2F)nc(N(C)C)n1. The molecule has 1 aromatic heterocycles. The van der Waals surface area contributed by atoms with Gasteiger partial charge in [0.1, 0.15) is 17.3 Å². The Balaban J connectivity index is 2.02. The molecule has 8 heteroatoms. The lowest BCUT2D eigenvalue weighted by molar-refractivity contribution is 0.251. The average molecular weight is 321 g/mol. The van der Waals surface area contributed by atoms with Crippen molar-refractivity contribution in [1.29, 1.82) is 0 Å². The highest BCUT2D eigenvalue weighted by atomic mass is 19.1. The van der Waals surface area contributed by atoms with Gasteiger partial charge in [-0.05, 0) is 25.1 Å². The first-order valence-corrected chi connectivity index (χ1v) is 6.87. The Kier molecular flexibility index (Phi) is 5.05. The van der Waals surface area contributed by atoms with Crippen LogP contribution in [0.5, 0.6) is 0 Å². The van der Waals surface area contributed by atoms with E-state index >= 15 is 0 Å². The van der Waals surface area contributed by atoms with Crippen molar-refractivity contribution in [3.8, 4) is 0 Å². The van der Waals surface area contributed by atoms with Crippen LogP contribution >= 0.6 is 0 Å². The van der Waals surface area contributed by atoms with Crippen LogP contribution in [-0.2, 0) is 6.54 Å². The molecule has 0 bridgehead atoms. The van der Waals surface area contributed by atoms with Gasteiger partial charge in [-0.1, -0.05) is 6.07 Å². The van der Waals surface area contributed by atoms with E-state index in [1.807, 2.05) is 6.92 Å². The fourth-order valence-corrected chi connectivity index (χ4v) is 1.85. The Morgan fingerprint density at radius 3 is 2.48 bits per heavy atom. The zero-order valence-corrected chi connectivity index (χ0v) is 13.0. The maximum absolute atomic E-state index is 13.5. The van der Waals surface area contributed by atoms with Gasteiger partial charge in [-0.25, -0.2) is 23.5 Å². The molecule has 6 nitrogen and oxygen atoms in total. The smallest absolute Gasteiger partial charge is 0.319 e. The summed E-state index contributed by atoms with van der Waals surface area (Å²) in [5.41, 5.74) is 0.851. The first kappa shape index (κ1) is 16.6. The van der Waals surface area contributed by atoms with Gasteiger partial charge in [-0.2, -0.15) is 0 Å². The third kappa shape index (κ3) is 4.35. The van der Waals surface area contributed by atoms with Crippen LogP contribution in [-0.4, -0.2) is 30.1 Å². The minimum Gasteiger partial charge on any atom is -0.347 e. The van der Waals surface area contributed by atoms with Crippen molar-refractivity contribution in [1.82, 2.24) is 15.3 Å². The van der Waals surface area contributed by atoms with Crippen molar-refractivity contribution >= 4 is 17.7 Å². The second-order valence-corrected chi connectivity index (χ2v) is 5.10. The molecule has 1 aromatic carbocycles. The average Bonchev–Trinajstić information content (AvgIpc) is 2.48. The largest absolute Gasteiger partial charge is 0.347 e. The standard InChI is InChI=1S/C15H17F2N5O/c1-9-7-10(20-14(19-9)22(2)3)8-18-15(23)21-13-11(16)5-4-6-12(13)17/h4-7H,8H2,1-3H3,(H2,18,21,23). The number of halogens is 2. The van der Waals surface area contributed by atoms with Crippen LogP contribution in [0.1, 0.15) is 11.4 Å². The maximum Gasteiger partial charge on any atom is 0.319 e. The molecular formula is C15H17F2N5O. The third-order valence-corrected chi connectivity index (χ3v) is 2.93. The van der Waals surface area contributed by atoms with Gasteiger partial charge < -0.3 is 15.5 Å². The molecule has 2 N–H and O–H groups in total. The molecule has 0 saturated carbocycles. The zero-order chi connectivity index (χ0) is 17.0. The number of nitrogens with zero attached hydrogens (tertiary/aromatic N) is 3. The minimum absolute atomic E-state index is 0.103. The van der Waals surface area contributed by atoms with Crippen molar-refractivity contribution < 1.29 is 13.6 Å². The highest BCUT2D eigenvalue weighted by molar-refractivity contribution is 5.89. The van der Waals surface area contributed by atoms with Crippen molar-refractivity contribution in [2.75, 3.05) is 24.3 Å². The van der Waals surface area contributed by atoms with Crippen molar-refractivity contribution in [3.05, 3.63) is 47.3 Å². The van der Waals surface area contributed by atoms with E-state index in [2.05, 4.69) is 20.6 Å². The lowest BCUT2D eigenvalue weighted by Gasteiger charge is -2.13. The zero-order valence-electron chi connectivity index (χ0n) is 13.0. The summed E-state index contributed by atoms with van der Waals surface area (Å²) in [6.45, 7) is 1.92. The summed E-state index contributed by atoms with van der Waals surface area (Å²) in [6.07, 6.45) is 0. The van der Waals surface area contributed by atoms with Gasteiger partial charge >= 0.3 is 6.03 Å². The number of hydrogen-bond acceptors (Lipinski definition) is 4. The summed E-state index contributed by atoms with van der Waals surface area (Å²) in [4.78, 5) is 22.0. The van der Waals surface area contributed by atoms with Crippen LogP contribution in [0.4, 0.5) is 25.2 Å². The Hall–Kier alpha value is -2.77. The van der Waals surface area contributed by atoms with E-state index in [0.29, 0.717) is 11.6 Å². The van der Waals surface area contributed by atoms with Crippen LogP contribution in [0.3, 0.4) is 0 Å². The van der Waals surface area contributed by atoms with Crippen LogP contribution in [0, 0.1) is 18.6 Å². The molecule has 0 radical (unpaired) electrons. The van der Waals surface area contributed by atoms with Crippen LogP contribution < -0.4 is 15.5 Å². The summed E-state index contributed by atoms with van der Waals surface area (Å²) >= 11 is 0. The van der Waals surface area contributed by atoms with Gasteiger partial charge in [0.25, 0.3) is 0 Å². The number of amides is 2. The maximum atomic E-state index is 13.5. The highest BCUT2D eigenvalue weighted by Crippen LogP contribution is 2.17. The fraction of sp³-hybridized carbons (Fsp3) is 0.267. The molecule has 0 atom stereocenters. The summed E-state index contributed by atoms with van der Waals surface area (Å²) < 4.78 is 26.9. The van der Waals surface area contributed by atoms with E-state index in [1.54, 1.807) is 25.1 Å². The summed E-state index contributed by atoms with van der Waals surface area (Å²) in [6, 6.07) is 4.35. The van der Waals surface area contributed by atoms with E-state index in [4.69, 9.17) is 0 Å². The summed E-state index contributed by atoms with van der Waals surface area (Å²) in [5, 5.41) is 4.65. The molecule has 0 aliphatic rings. The lowest BCUT2D eigenvalue weighted by atomic mass is 10.3. The van der Waals surface area contributed by atoms with Crippen LogP contribution in [0.2, 0.25) is 0 Å². The molecular weight excluding hydrogens is 304 g/mol. The quantitative estimate of drug-likeness (QED) is 0.907. The number of rotatable bonds is 4. The summed E-state index contributed by atoms with van der Waals surface area (Å²) in [5.74, 6) is -1.16. The van der Waals surface area contributed by atoms with Crippen molar-refractivity contribution in [2.45, 2.75) is 13.5 Å². The van der Waals surface area contributed by atoms with Crippen LogP contribution in [0.25, 0.3) is 0 Å². The number of nitrogens with one attached hydrogen (secondary N) is 2. The number of aromatic nitrogens is 2. The molecule has 2 rings (SSSR count). The molecule has 0 aliphatic carbocycles. The van der Waals surface area contributed by atoms with E-state index in [-0.39, 0.29) is 6.54 Å². The van der Waals surface area contributed by atoms with Crippen molar-refractivity contribution in [2.24, 2.45) is 0 Å². The van der Waals surface area contributed by atoms with E-state index in [1.165, 1.54) is 6.07 Å². The Morgan fingerprint density at radius 1 is 1.22 bits per heavy atom. The second kappa shape index (κ2) is 6.99. The summed E-state index contributed by atoms with van der Waals surface area (Å²) in [7, 11) is 3.61. The Labute approximate surface area is 132 Å². The second-order valence-electron chi connectivity index (χ2n) is 5.10.